The van der Waals surface area contributed by atoms with Crippen LogP contribution in [0.15, 0.2) is 98.8 Å². The molecular formula is C34H31Cl3N6O7S2. The molecule has 0 saturated heterocycles. The van der Waals surface area contributed by atoms with Crippen molar-refractivity contribution >= 4 is 105 Å². The number of alkyl carbamates (subject to hydrolysis) is 2. The Morgan fingerprint density at radius 3 is 2.19 bits per heavy atom. The van der Waals surface area contributed by atoms with E-state index >= 15 is 0 Å². The van der Waals surface area contributed by atoms with Crippen LogP contribution in [0.4, 0.5) is 21.0 Å². The summed E-state index contributed by atoms with van der Waals surface area (Å²) in [6.45, 7) is -0.160. The minimum absolute atomic E-state index is 0.160. The van der Waals surface area contributed by atoms with Crippen molar-refractivity contribution in [2.75, 3.05) is 39.5 Å². The number of anilines is 1. The molecule has 5 aromatic rings. The molecule has 3 amide bonds. The molecule has 0 unspecified atom stereocenters. The molecule has 18 heteroatoms. The second kappa shape index (κ2) is 19.8. The first-order valence-corrected chi connectivity index (χ1v) is 18.0. The summed E-state index contributed by atoms with van der Waals surface area (Å²) in [6.07, 6.45) is 0.246. The van der Waals surface area contributed by atoms with Crippen LogP contribution < -0.4 is 20.7 Å². The first-order valence-electron chi connectivity index (χ1n) is 14.8. The number of thioether (sulfide) groups is 1. The number of hydrogen-bond acceptors (Lipinski definition) is 11. The van der Waals surface area contributed by atoms with Gasteiger partial charge in [0, 0.05) is 23.0 Å². The molecule has 13 nitrogen and oxygen atoms in total. The summed E-state index contributed by atoms with van der Waals surface area (Å²) in [6, 6.07) is 23.5. The Hall–Kier alpha value is -4.64. The van der Waals surface area contributed by atoms with Gasteiger partial charge in [0.1, 0.15) is 23.1 Å². The van der Waals surface area contributed by atoms with Gasteiger partial charge in [-0.15, -0.1) is 0 Å². The molecule has 0 fully saturated rings. The van der Waals surface area contributed by atoms with E-state index in [0.717, 1.165) is 40.2 Å². The van der Waals surface area contributed by atoms with Gasteiger partial charge in [-0.2, -0.15) is 0 Å². The second-order valence-corrected chi connectivity index (χ2v) is 13.1. The normalized spacial score (nSPS) is 10.4. The van der Waals surface area contributed by atoms with Crippen molar-refractivity contribution in [3.05, 3.63) is 93.9 Å². The van der Waals surface area contributed by atoms with Crippen LogP contribution in [-0.2, 0) is 19.0 Å². The fourth-order valence-electron chi connectivity index (χ4n) is 4.07. The molecule has 272 valence electrons. The number of fused-ring (bicyclic) bond motifs is 1. The lowest BCUT2D eigenvalue weighted by Crippen LogP contribution is -2.43. The van der Waals surface area contributed by atoms with Crippen LogP contribution in [0, 0.1) is 0 Å². The molecule has 0 radical (unpaired) electrons. The maximum atomic E-state index is 12.1. The minimum atomic E-state index is -0.851. The van der Waals surface area contributed by atoms with E-state index in [0.29, 0.717) is 32.3 Å². The van der Waals surface area contributed by atoms with Crippen LogP contribution in [0.25, 0.3) is 11.0 Å². The number of guanidine groups is 1. The zero-order valence-electron chi connectivity index (χ0n) is 27.9. The topological polar surface area (TPSA) is 165 Å². The lowest BCUT2D eigenvalue weighted by Gasteiger charge is -2.13. The predicted octanol–water partition coefficient (Wildman–Crippen LogP) is 9.16. The van der Waals surface area contributed by atoms with Gasteiger partial charge in [-0.3, -0.25) is 15.4 Å². The van der Waals surface area contributed by atoms with Gasteiger partial charge in [-0.05, 0) is 54.8 Å². The average molecular weight is 806 g/mol. The fraction of sp³-hybridized carbons (Fsp3) is 0.147. The molecule has 4 aromatic carbocycles. The third-order valence-corrected chi connectivity index (χ3v) is 9.06. The standard InChI is InChI=1S/C20H22N4O6S.C14H9Cl3N2OS/c1-28-12-17(25)21-16-11-14(31-13-7-5-4-6-8-13)9-10-15(16)22-18(23-19(26)29-2)24-20(27)30-3;1-21-14-18-9-5-8(16)12(6-10(9)19-14)20-11-4-2-3-7(15)13(11)17/h4-11H,12H2,1-3H3,(H,21,25)(H2,22,23,24,26,27);2-6H,1H3,(H,18,19). The molecule has 0 saturated carbocycles. The molecule has 1 aromatic heterocycles. The minimum Gasteiger partial charge on any atom is -0.454 e. The maximum Gasteiger partial charge on any atom is 0.413 e. The van der Waals surface area contributed by atoms with Gasteiger partial charge >= 0.3 is 12.2 Å². The number of aromatic amines is 1. The van der Waals surface area contributed by atoms with E-state index in [4.69, 9.17) is 44.3 Å². The summed E-state index contributed by atoms with van der Waals surface area (Å²) in [5.41, 5.74) is 2.24. The Kier molecular flexibility index (Phi) is 15.3. The summed E-state index contributed by atoms with van der Waals surface area (Å²) >= 11 is 21.3. The molecule has 1 heterocycles. The Morgan fingerprint density at radius 2 is 1.54 bits per heavy atom. The highest BCUT2D eigenvalue weighted by Gasteiger charge is 2.15. The van der Waals surface area contributed by atoms with E-state index in [9.17, 15) is 14.4 Å². The maximum absolute atomic E-state index is 12.1. The molecule has 0 atom stereocenters. The van der Waals surface area contributed by atoms with Crippen LogP contribution in [-0.4, -0.2) is 68.2 Å². The zero-order chi connectivity index (χ0) is 37.6. The van der Waals surface area contributed by atoms with Gasteiger partial charge in [-0.1, -0.05) is 82.6 Å². The van der Waals surface area contributed by atoms with E-state index < -0.39 is 18.1 Å². The Balaban J connectivity index is 0.000000249. The summed E-state index contributed by atoms with van der Waals surface area (Å²) in [4.78, 5) is 48.9. The number of rotatable bonds is 9. The van der Waals surface area contributed by atoms with Gasteiger partial charge in [0.15, 0.2) is 5.16 Å². The number of carbonyl (C=O) groups is 3. The van der Waals surface area contributed by atoms with Crippen LogP contribution in [0.3, 0.4) is 0 Å². The number of ether oxygens (including phenoxy) is 4. The Labute approximate surface area is 322 Å². The molecule has 0 spiro atoms. The second-order valence-electron chi connectivity index (χ2n) is 9.97. The number of benzene rings is 4. The van der Waals surface area contributed by atoms with Crippen molar-refractivity contribution in [3.8, 4) is 11.5 Å². The van der Waals surface area contributed by atoms with Gasteiger partial charge in [-0.25, -0.2) is 19.6 Å². The third kappa shape index (κ3) is 11.7. The molecule has 0 bridgehead atoms. The number of hydrogen-bond donors (Lipinski definition) is 4. The largest absolute Gasteiger partial charge is 0.454 e. The Bertz CT molecular complexity index is 2050. The predicted molar refractivity (Wildman–Crippen MR) is 205 cm³/mol. The van der Waals surface area contributed by atoms with E-state index in [-0.39, 0.29) is 18.3 Å². The zero-order valence-corrected chi connectivity index (χ0v) is 31.8. The molecule has 0 aliphatic carbocycles. The van der Waals surface area contributed by atoms with E-state index in [2.05, 4.69) is 40.4 Å². The van der Waals surface area contributed by atoms with Gasteiger partial charge in [0.25, 0.3) is 0 Å². The van der Waals surface area contributed by atoms with Gasteiger partial charge < -0.3 is 29.2 Å². The van der Waals surface area contributed by atoms with Crippen LogP contribution in [0.2, 0.25) is 15.1 Å². The highest BCUT2D eigenvalue weighted by Crippen LogP contribution is 2.39. The SMILES string of the molecule is COCC(=O)Nc1cc(Sc2ccccc2)ccc1N=C(NC(=O)OC)NC(=O)OC.CSc1nc2cc(Oc3cccc(Cl)c3Cl)c(Cl)cc2[nH]1. The van der Waals surface area contributed by atoms with Crippen molar-refractivity contribution < 1.29 is 33.3 Å². The molecule has 0 aliphatic rings. The summed E-state index contributed by atoms with van der Waals surface area (Å²) in [5, 5.41) is 9.32. The number of imidazole rings is 1. The summed E-state index contributed by atoms with van der Waals surface area (Å²) in [5.74, 6) is 0.284. The summed E-state index contributed by atoms with van der Waals surface area (Å²) < 4.78 is 19.7. The van der Waals surface area contributed by atoms with Gasteiger partial charge in [0.05, 0.1) is 46.7 Å². The van der Waals surface area contributed by atoms with Crippen molar-refractivity contribution in [2.45, 2.75) is 14.9 Å². The van der Waals surface area contributed by atoms with E-state index in [1.165, 1.54) is 30.6 Å². The fourth-order valence-corrected chi connectivity index (χ4v) is 5.88. The number of H-pyrrole nitrogens is 1. The lowest BCUT2D eigenvalue weighted by atomic mass is 10.2. The quantitative estimate of drug-likeness (QED) is 0.0641. The van der Waals surface area contributed by atoms with Crippen molar-refractivity contribution in [3.63, 3.8) is 0 Å². The van der Waals surface area contributed by atoms with E-state index in [1.54, 1.807) is 48.5 Å². The van der Waals surface area contributed by atoms with Crippen LogP contribution >= 0.6 is 58.3 Å². The van der Waals surface area contributed by atoms with Crippen LogP contribution in [0.5, 0.6) is 11.5 Å². The monoisotopic (exact) mass is 804 g/mol. The summed E-state index contributed by atoms with van der Waals surface area (Å²) in [7, 11) is 3.73. The molecular weight excluding hydrogens is 775 g/mol. The average Bonchev–Trinajstić information content (AvgIpc) is 3.53. The van der Waals surface area contributed by atoms with Crippen molar-refractivity contribution in [1.29, 1.82) is 0 Å². The molecule has 5 rings (SSSR count). The number of aromatic nitrogens is 2. The lowest BCUT2D eigenvalue weighted by molar-refractivity contribution is -0.119. The molecule has 4 N–H and O–H groups in total. The van der Waals surface area contributed by atoms with Crippen molar-refractivity contribution in [1.82, 2.24) is 20.6 Å². The third-order valence-electron chi connectivity index (χ3n) is 6.38. The Morgan fingerprint density at radius 1 is 0.827 bits per heavy atom. The first kappa shape index (κ1) is 40.1. The number of amides is 3. The van der Waals surface area contributed by atoms with Crippen LogP contribution in [0.1, 0.15) is 0 Å². The van der Waals surface area contributed by atoms with Gasteiger partial charge in [0.2, 0.25) is 11.9 Å². The number of methoxy groups -OCH3 is 3. The number of carbonyl (C=O) groups excluding carboxylic acids is 3. The molecule has 52 heavy (non-hydrogen) atoms. The number of halogens is 3. The smallest absolute Gasteiger partial charge is 0.413 e. The first-order chi connectivity index (χ1) is 25.0. The highest BCUT2D eigenvalue weighted by molar-refractivity contribution is 7.99. The van der Waals surface area contributed by atoms with Crippen molar-refractivity contribution in [2.24, 2.45) is 4.99 Å². The van der Waals surface area contributed by atoms with E-state index in [1.807, 2.05) is 36.6 Å². The highest BCUT2D eigenvalue weighted by atomic mass is 35.5. The molecule has 0 aliphatic heterocycles. The number of aliphatic imine (C=N–C) groups is 1. The number of nitrogens with one attached hydrogen (secondary N) is 4. The number of nitrogens with zero attached hydrogens (tertiary/aromatic N) is 2.